The number of thiophene rings is 1. The van der Waals surface area contributed by atoms with Crippen molar-refractivity contribution in [3.63, 3.8) is 0 Å². The van der Waals surface area contributed by atoms with Crippen molar-refractivity contribution in [3.05, 3.63) is 88.6 Å². The molecular weight excluding hydrogens is 492 g/mol. The Morgan fingerprint density at radius 2 is 1.62 bits per heavy atom. The van der Waals surface area contributed by atoms with E-state index in [2.05, 4.69) is 10.0 Å². The van der Waals surface area contributed by atoms with E-state index in [0.717, 1.165) is 47.7 Å². The fraction of sp³-hybridized carbons (Fsp3) is 0.0870. The summed E-state index contributed by atoms with van der Waals surface area (Å²) in [6, 6.07) is 13.5. The number of fused-ring (bicyclic) bond motifs is 1. The van der Waals surface area contributed by atoms with Gasteiger partial charge in [-0.15, -0.1) is 11.3 Å². The lowest BCUT2D eigenvalue weighted by Gasteiger charge is -2.10. The van der Waals surface area contributed by atoms with Crippen LogP contribution in [-0.4, -0.2) is 14.3 Å². The van der Waals surface area contributed by atoms with Crippen LogP contribution in [0.25, 0.3) is 10.1 Å². The highest BCUT2D eigenvalue weighted by atomic mass is 32.2. The van der Waals surface area contributed by atoms with Crippen LogP contribution in [0, 0.1) is 12.7 Å². The maximum absolute atomic E-state index is 13.1. The number of hydrogen-bond acceptors (Lipinski definition) is 4. The SMILES string of the molecule is Cc1c(C(=O)Nc2cccc(NS(=O)(=O)c3ccc(F)cc3)c2)sc2ccc(C(F)(F)F)cc12. The molecule has 0 saturated heterocycles. The first-order chi connectivity index (χ1) is 15.9. The second-order valence-corrected chi connectivity index (χ2v) is 10.1. The van der Waals surface area contributed by atoms with Gasteiger partial charge in [0.25, 0.3) is 15.9 Å². The van der Waals surface area contributed by atoms with Gasteiger partial charge in [0, 0.05) is 10.4 Å². The second kappa shape index (κ2) is 8.73. The molecular formula is C23H16F4N2O3S2. The maximum Gasteiger partial charge on any atom is 0.416 e. The van der Waals surface area contributed by atoms with Crippen LogP contribution in [0.15, 0.2) is 71.6 Å². The number of benzene rings is 3. The average molecular weight is 509 g/mol. The lowest BCUT2D eigenvalue weighted by atomic mass is 10.1. The Morgan fingerprint density at radius 1 is 0.941 bits per heavy atom. The number of amides is 1. The van der Waals surface area contributed by atoms with E-state index in [1.165, 1.54) is 30.3 Å². The normalized spacial score (nSPS) is 12.0. The molecule has 11 heteroatoms. The fourth-order valence-corrected chi connectivity index (χ4v) is 5.42. The minimum Gasteiger partial charge on any atom is -0.321 e. The summed E-state index contributed by atoms with van der Waals surface area (Å²) >= 11 is 1.06. The van der Waals surface area contributed by atoms with E-state index >= 15 is 0 Å². The molecule has 34 heavy (non-hydrogen) atoms. The van der Waals surface area contributed by atoms with Crippen LogP contribution in [-0.2, 0) is 16.2 Å². The highest BCUT2D eigenvalue weighted by molar-refractivity contribution is 7.92. The molecule has 0 aliphatic rings. The number of hydrogen-bond donors (Lipinski definition) is 2. The van der Waals surface area contributed by atoms with Gasteiger partial charge in [-0.3, -0.25) is 9.52 Å². The number of nitrogens with one attached hydrogen (secondary N) is 2. The zero-order valence-corrected chi connectivity index (χ0v) is 19.0. The highest BCUT2D eigenvalue weighted by Crippen LogP contribution is 2.37. The van der Waals surface area contributed by atoms with Crippen molar-refractivity contribution in [1.82, 2.24) is 0 Å². The first kappa shape index (κ1) is 23.7. The van der Waals surface area contributed by atoms with E-state index < -0.39 is 33.5 Å². The van der Waals surface area contributed by atoms with Crippen molar-refractivity contribution >= 4 is 48.7 Å². The van der Waals surface area contributed by atoms with Gasteiger partial charge in [0.1, 0.15) is 5.82 Å². The van der Waals surface area contributed by atoms with E-state index in [0.29, 0.717) is 15.6 Å². The van der Waals surface area contributed by atoms with Crippen LogP contribution in [0.5, 0.6) is 0 Å². The number of sulfonamides is 1. The maximum atomic E-state index is 13.1. The lowest BCUT2D eigenvalue weighted by Crippen LogP contribution is -2.14. The van der Waals surface area contributed by atoms with Gasteiger partial charge in [-0.1, -0.05) is 6.07 Å². The number of aryl methyl sites for hydroxylation is 1. The average Bonchev–Trinajstić information content (AvgIpc) is 3.09. The Hall–Kier alpha value is -3.44. The third kappa shape index (κ3) is 4.90. The van der Waals surface area contributed by atoms with Gasteiger partial charge in [0.05, 0.1) is 21.0 Å². The quantitative estimate of drug-likeness (QED) is 0.306. The zero-order valence-electron chi connectivity index (χ0n) is 17.4. The first-order valence-electron chi connectivity index (χ1n) is 9.74. The Kier molecular flexibility index (Phi) is 6.09. The third-order valence-corrected chi connectivity index (χ3v) is 7.64. The molecule has 0 fully saturated rings. The summed E-state index contributed by atoms with van der Waals surface area (Å²) in [6.07, 6.45) is -4.49. The van der Waals surface area contributed by atoms with Crippen LogP contribution in [0.3, 0.4) is 0 Å². The van der Waals surface area contributed by atoms with Gasteiger partial charge in [0.15, 0.2) is 0 Å². The molecule has 0 unspecified atom stereocenters. The summed E-state index contributed by atoms with van der Waals surface area (Å²) in [5, 5.41) is 2.98. The topological polar surface area (TPSA) is 75.3 Å². The van der Waals surface area contributed by atoms with Crippen molar-refractivity contribution in [1.29, 1.82) is 0 Å². The number of halogens is 4. The standard InChI is InChI=1S/C23H16F4N2O3S2/c1-13-19-11-14(23(25,26)27)5-10-20(19)33-21(13)22(30)28-16-3-2-4-17(12-16)29-34(31,32)18-8-6-15(24)7-9-18/h2-12,29H,1H3,(H,28,30). The van der Waals surface area contributed by atoms with Gasteiger partial charge in [0.2, 0.25) is 0 Å². The summed E-state index contributed by atoms with van der Waals surface area (Å²) in [7, 11) is -3.99. The van der Waals surface area contributed by atoms with Crippen LogP contribution in [0.1, 0.15) is 20.8 Å². The summed E-state index contributed by atoms with van der Waals surface area (Å²) in [6.45, 7) is 1.57. The molecule has 0 bridgehead atoms. The number of carbonyl (C=O) groups excluding carboxylic acids is 1. The van der Waals surface area contributed by atoms with E-state index in [1.807, 2.05) is 0 Å². The van der Waals surface area contributed by atoms with Gasteiger partial charge < -0.3 is 5.32 Å². The van der Waals surface area contributed by atoms with Gasteiger partial charge in [-0.05, 0) is 78.5 Å². The van der Waals surface area contributed by atoms with Crippen molar-refractivity contribution in [2.45, 2.75) is 18.0 Å². The molecule has 4 rings (SSSR count). The number of alkyl halides is 3. The van der Waals surface area contributed by atoms with Crippen molar-refractivity contribution in [3.8, 4) is 0 Å². The summed E-state index contributed by atoms with van der Waals surface area (Å²) in [4.78, 5) is 12.9. The Morgan fingerprint density at radius 3 is 2.29 bits per heavy atom. The number of carbonyl (C=O) groups is 1. The number of rotatable bonds is 5. The van der Waals surface area contributed by atoms with Gasteiger partial charge in [-0.2, -0.15) is 13.2 Å². The molecule has 0 atom stereocenters. The molecule has 5 nitrogen and oxygen atoms in total. The predicted molar refractivity (Wildman–Crippen MR) is 123 cm³/mol. The summed E-state index contributed by atoms with van der Waals surface area (Å²) < 4.78 is 80.1. The van der Waals surface area contributed by atoms with Crippen molar-refractivity contribution in [2.24, 2.45) is 0 Å². The molecule has 0 aliphatic carbocycles. The minimum absolute atomic E-state index is 0.137. The van der Waals surface area contributed by atoms with E-state index in [-0.39, 0.29) is 21.1 Å². The van der Waals surface area contributed by atoms with E-state index in [9.17, 15) is 30.8 Å². The summed E-state index contributed by atoms with van der Waals surface area (Å²) in [5.74, 6) is -1.11. The van der Waals surface area contributed by atoms with Gasteiger partial charge in [-0.25, -0.2) is 12.8 Å². The molecule has 0 radical (unpaired) electrons. The van der Waals surface area contributed by atoms with Crippen LogP contribution < -0.4 is 10.0 Å². The molecule has 1 amide bonds. The van der Waals surface area contributed by atoms with Crippen LogP contribution in [0.2, 0.25) is 0 Å². The smallest absolute Gasteiger partial charge is 0.321 e. The lowest BCUT2D eigenvalue weighted by molar-refractivity contribution is -0.137. The predicted octanol–water partition coefficient (Wildman–Crippen LogP) is 6.42. The van der Waals surface area contributed by atoms with E-state index in [1.54, 1.807) is 6.92 Å². The van der Waals surface area contributed by atoms with Crippen LogP contribution >= 0.6 is 11.3 Å². The Bertz CT molecular complexity index is 1500. The zero-order chi connectivity index (χ0) is 24.7. The third-order valence-electron chi connectivity index (χ3n) is 4.97. The Balaban J connectivity index is 1.56. The van der Waals surface area contributed by atoms with Crippen molar-refractivity contribution in [2.75, 3.05) is 10.0 Å². The molecule has 3 aromatic carbocycles. The Labute approximate surface area is 196 Å². The first-order valence-corrected chi connectivity index (χ1v) is 12.0. The monoisotopic (exact) mass is 508 g/mol. The molecule has 4 aromatic rings. The fourth-order valence-electron chi connectivity index (χ4n) is 3.29. The molecule has 0 spiro atoms. The van der Waals surface area contributed by atoms with Gasteiger partial charge >= 0.3 is 6.18 Å². The molecule has 1 heterocycles. The van der Waals surface area contributed by atoms with E-state index in [4.69, 9.17) is 0 Å². The van der Waals surface area contributed by atoms with Crippen molar-refractivity contribution < 1.29 is 30.8 Å². The molecule has 2 N–H and O–H groups in total. The molecule has 176 valence electrons. The second-order valence-electron chi connectivity index (χ2n) is 7.36. The molecule has 1 aromatic heterocycles. The molecule has 0 saturated carbocycles. The minimum atomic E-state index is -4.49. The largest absolute Gasteiger partial charge is 0.416 e. The number of anilines is 2. The molecule has 0 aliphatic heterocycles. The highest BCUT2D eigenvalue weighted by Gasteiger charge is 2.31. The summed E-state index contributed by atoms with van der Waals surface area (Å²) in [5.41, 5.74) is 0.0490. The van der Waals surface area contributed by atoms with Crippen LogP contribution in [0.4, 0.5) is 28.9 Å².